The summed E-state index contributed by atoms with van der Waals surface area (Å²) in [6.45, 7) is 3.07. The largest absolute Gasteiger partial charge is 0.389 e. The number of nitrogens with zero attached hydrogens (tertiary/aromatic N) is 3. The Kier molecular flexibility index (Phi) is 4.28. The predicted octanol–water partition coefficient (Wildman–Crippen LogP) is 1.20. The number of rotatable bonds is 3. The fourth-order valence-electron chi connectivity index (χ4n) is 2.46. The Morgan fingerprint density at radius 1 is 1.43 bits per heavy atom. The van der Waals surface area contributed by atoms with Crippen molar-refractivity contribution >= 4 is 0 Å². The number of hydrogen-bond donors (Lipinski definition) is 1. The third kappa shape index (κ3) is 3.66. The minimum atomic E-state index is -0.453. The fourth-order valence-corrected chi connectivity index (χ4v) is 2.46. The SMILES string of the molecule is O[C@@H]1COCCN(Cc2cnn(-c3cccc(F)c3)c2)C1. The number of aliphatic hydroxyl groups is 1. The number of halogens is 1. The summed E-state index contributed by atoms with van der Waals surface area (Å²) < 4.78 is 20.2. The second-order valence-corrected chi connectivity index (χ2v) is 5.24. The number of β-amino-alcohol motifs (C(OH)–C–C–N with tert-alkyl or cyclic N) is 1. The molecule has 112 valence electrons. The zero-order valence-electron chi connectivity index (χ0n) is 11.7. The van der Waals surface area contributed by atoms with E-state index < -0.39 is 6.10 Å². The van der Waals surface area contributed by atoms with Crippen LogP contribution >= 0.6 is 0 Å². The van der Waals surface area contributed by atoms with Gasteiger partial charge in [0.25, 0.3) is 0 Å². The summed E-state index contributed by atoms with van der Waals surface area (Å²) in [5.41, 5.74) is 1.72. The predicted molar refractivity (Wildman–Crippen MR) is 75.6 cm³/mol. The third-order valence-electron chi connectivity index (χ3n) is 3.45. The van der Waals surface area contributed by atoms with Crippen LogP contribution < -0.4 is 0 Å². The molecule has 5 nitrogen and oxygen atoms in total. The van der Waals surface area contributed by atoms with Crippen molar-refractivity contribution in [2.45, 2.75) is 12.6 Å². The average Bonchev–Trinajstić information content (AvgIpc) is 2.82. The molecule has 1 aromatic carbocycles. The zero-order chi connectivity index (χ0) is 14.7. The lowest BCUT2D eigenvalue weighted by Gasteiger charge is -2.19. The Morgan fingerprint density at radius 2 is 2.33 bits per heavy atom. The Labute approximate surface area is 122 Å². The van der Waals surface area contributed by atoms with Gasteiger partial charge in [0.1, 0.15) is 5.82 Å². The first-order chi connectivity index (χ1) is 10.2. The quantitative estimate of drug-likeness (QED) is 0.923. The van der Waals surface area contributed by atoms with E-state index in [1.54, 1.807) is 16.9 Å². The Hall–Kier alpha value is -1.76. The lowest BCUT2D eigenvalue weighted by Crippen LogP contribution is -2.32. The number of ether oxygens (including phenoxy) is 1. The molecule has 21 heavy (non-hydrogen) atoms. The average molecular weight is 291 g/mol. The molecule has 0 radical (unpaired) electrons. The van der Waals surface area contributed by atoms with Gasteiger partial charge in [0, 0.05) is 31.4 Å². The topological polar surface area (TPSA) is 50.5 Å². The van der Waals surface area contributed by atoms with E-state index in [4.69, 9.17) is 4.74 Å². The van der Waals surface area contributed by atoms with Crippen molar-refractivity contribution in [2.24, 2.45) is 0 Å². The molecule has 1 atom stereocenters. The van der Waals surface area contributed by atoms with Crippen LogP contribution in [0.15, 0.2) is 36.7 Å². The summed E-state index contributed by atoms with van der Waals surface area (Å²) >= 11 is 0. The maximum atomic E-state index is 13.2. The first-order valence-electron chi connectivity index (χ1n) is 6.98. The van der Waals surface area contributed by atoms with Crippen LogP contribution in [-0.4, -0.2) is 52.2 Å². The van der Waals surface area contributed by atoms with Crippen molar-refractivity contribution in [2.75, 3.05) is 26.3 Å². The molecule has 3 rings (SSSR count). The molecule has 1 fully saturated rings. The molecule has 0 spiro atoms. The van der Waals surface area contributed by atoms with E-state index in [0.717, 1.165) is 12.1 Å². The Balaban J connectivity index is 1.70. The van der Waals surface area contributed by atoms with Gasteiger partial charge in [0.15, 0.2) is 0 Å². The standard InChI is InChI=1S/C15H18FN3O2/c16-13-2-1-3-14(6-13)19-9-12(7-17-19)8-18-4-5-21-11-15(20)10-18/h1-3,6-7,9,15,20H,4-5,8,10-11H2/t15-/m0/s1. The van der Waals surface area contributed by atoms with Crippen LogP contribution in [0.4, 0.5) is 4.39 Å². The van der Waals surface area contributed by atoms with Gasteiger partial charge in [-0.15, -0.1) is 0 Å². The zero-order valence-corrected chi connectivity index (χ0v) is 11.7. The van der Waals surface area contributed by atoms with E-state index in [-0.39, 0.29) is 5.82 Å². The van der Waals surface area contributed by atoms with E-state index in [2.05, 4.69) is 10.00 Å². The second kappa shape index (κ2) is 6.34. The first-order valence-corrected chi connectivity index (χ1v) is 6.98. The van der Waals surface area contributed by atoms with Gasteiger partial charge in [0.2, 0.25) is 0 Å². The number of hydrogen-bond acceptors (Lipinski definition) is 4. The Bertz CT molecular complexity index is 602. The number of aliphatic hydroxyl groups excluding tert-OH is 1. The van der Waals surface area contributed by atoms with Crippen molar-refractivity contribution < 1.29 is 14.2 Å². The van der Waals surface area contributed by atoms with Crippen molar-refractivity contribution in [3.8, 4) is 5.69 Å². The van der Waals surface area contributed by atoms with Crippen LogP contribution in [0, 0.1) is 5.82 Å². The maximum Gasteiger partial charge on any atom is 0.125 e. The van der Waals surface area contributed by atoms with Gasteiger partial charge in [-0.3, -0.25) is 4.90 Å². The van der Waals surface area contributed by atoms with Gasteiger partial charge in [-0.05, 0) is 18.2 Å². The second-order valence-electron chi connectivity index (χ2n) is 5.24. The van der Waals surface area contributed by atoms with Crippen LogP contribution in [0.5, 0.6) is 0 Å². The summed E-state index contributed by atoms with van der Waals surface area (Å²) in [5, 5.41) is 14.0. The molecule has 1 N–H and O–H groups in total. The minimum absolute atomic E-state index is 0.280. The molecule has 0 unspecified atom stereocenters. The van der Waals surface area contributed by atoms with Crippen LogP contribution in [0.1, 0.15) is 5.56 Å². The molecule has 0 aliphatic carbocycles. The van der Waals surface area contributed by atoms with Crippen LogP contribution in [0.25, 0.3) is 5.69 Å². The van der Waals surface area contributed by atoms with Crippen LogP contribution in [-0.2, 0) is 11.3 Å². The van der Waals surface area contributed by atoms with Crippen molar-refractivity contribution in [3.63, 3.8) is 0 Å². The van der Waals surface area contributed by atoms with E-state index in [0.29, 0.717) is 32.0 Å². The molecule has 2 heterocycles. The van der Waals surface area contributed by atoms with E-state index in [9.17, 15) is 9.50 Å². The van der Waals surface area contributed by atoms with Gasteiger partial charge in [-0.25, -0.2) is 9.07 Å². The highest BCUT2D eigenvalue weighted by Gasteiger charge is 2.17. The number of aromatic nitrogens is 2. The minimum Gasteiger partial charge on any atom is -0.389 e. The monoisotopic (exact) mass is 291 g/mol. The molecular weight excluding hydrogens is 273 g/mol. The molecule has 6 heteroatoms. The van der Waals surface area contributed by atoms with Crippen molar-refractivity contribution in [3.05, 3.63) is 48.0 Å². The van der Waals surface area contributed by atoms with Gasteiger partial charge < -0.3 is 9.84 Å². The molecule has 2 aromatic rings. The van der Waals surface area contributed by atoms with Crippen LogP contribution in [0.3, 0.4) is 0 Å². The summed E-state index contributed by atoms with van der Waals surface area (Å²) in [7, 11) is 0. The summed E-state index contributed by atoms with van der Waals surface area (Å²) in [6, 6.07) is 6.32. The molecule has 1 saturated heterocycles. The van der Waals surface area contributed by atoms with E-state index in [1.807, 2.05) is 12.3 Å². The first kappa shape index (κ1) is 14.2. The van der Waals surface area contributed by atoms with Gasteiger partial charge in [-0.2, -0.15) is 5.10 Å². The molecule has 1 aliphatic rings. The molecule has 1 aliphatic heterocycles. The molecule has 1 aromatic heterocycles. The summed E-state index contributed by atoms with van der Waals surface area (Å²) in [4.78, 5) is 2.13. The molecule has 0 saturated carbocycles. The van der Waals surface area contributed by atoms with Crippen molar-refractivity contribution in [1.82, 2.24) is 14.7 Å². The number of benzene rings is 1. The van der Waals surface area contributed by atoms with Crippen LogP contribution in [0.2, 0.25) is 0 Å². The molecule has 0 amide bonds. The van der Waals surface area contributed by atoms with E-state index in [1.165, 1.54) is 12.1 Å². The smallest absolute Gasteiger partial charge is 0.125 e. The van der Waals surface area contributed by atoms with E-state index >= 15 is 0 Å². The molecule has 0 bridgehead atoms. The Morgan fingerprint density at radius 3 is 3.19 bits per heavy atom. The normalized spacial score (nSPS) is 20.4. The highest BCUT2D eigenvalue weighted by molar-refractivity contribution is 5.31. The fraction of sp³-hybridized carbons (Fsp3) is 0.400. The highest BCUT2D eigenvalue weighted by atomic mass is 19.1. The van der Waals surface area contributed by atoms with Crippen molar-refractivity contribution in [1.29, 1.82) is 0 Å². The third-order valence-corrected chi connectivity index (χ3v) is 3.45. The molecular formula is C15H18FN3O2. The lowest BCUT2D eigenvalue weighted by atomic mass is 10.3. The maximum absolute atomic E-state index is 13.2. The lowest BCUT2D eigenvalue weighted by molar-refractivity contribution is 0.0562. The highest BCUT2D eigenvalue weighted by Crippen LogP contribution is 2.12. The van der Waals surface area contributed by atoms with Gasteiger partial charge in [0.05, 0.1) is 31.2 Å². The van der Waals surface area contributed by atoms with Gasteiger partial charge in [-0.1, -0.05) is 6.07 Å². The summed E-state index contributed by atoms with van der Waals surface area (Å²) in [6.07, 6.45) is 3.20. The summed E-state index contributed by atoms with van der Waals surface area (Å²) in [5.74, 6) is -0.280. The van der Waals surface area contributed by atoms with Gasteiger partial charge >= 0.3 is 0 Å².